The highest BCUT2D eigenvalue weighted by Gasteiger charge is 2.21. The number of hydrogen-bond acceptors (Lipinski definition) is 4. The zero-order valence-corrected chi connectivity index (χ0v) is 13.5. The van der Waals surface area contributed by atoms with Gasteiger partial charge in [0.05, 0.1) is 10.6 Å². The molecule has 3 heterocycles. The van der Waals surface area contributed by atoms with Crippen molar-refractivity contribution in [3.05, 3.63) is 75.0 Å². The van der Waals surface area contributed by atoms with Gasteiger partial charge in [-0.3, -0.25) is 9.69 Å². The fraction of sp³-hybridized carbons (Fsp3) is 0.222. The van der Waals surface area contributed by atoms with Crippen molar-refractivity contribution in [3.63, 3.8) is 0 Å². The van der Waals surface area contributed by atoms with Crippen LogP contribution in [0.25, 0.3) is 10.7 Å². The van der Waals surface area contributed by atoms with Crippen LogP contribution in [0.2, 0.25) is 0 Å². The summed E-state index contributed by atoms with van der Waals surface area (Å²) in [5.74, 6) is 0.685. The summed E-state index contributed by atoms with van der Waals surface area (Å²) < 4.78 is 0. The van der Waals surface area contributed by atoms with Gasteiger partial charge in [-0.25, -0.2) is 4.98 Å². The van der Waals surface area contributed by atoms with Gasteiger partial charge in [0, 0.05) is 25.2 Å². The third-order valence-corrected chi connectivity index (χ3v) is 5.03. The van der Waals surface area contributed by atoms with Gasteiger partial charge in [-0.1, -0.05) is 36.4 Å². The van der Waals surface area contributed by atoms with E-state index in [0.717, 1.165) is 42.2 Å². The zero-order valence-electron chi connectivity index (χ0n) is 12.7. The first kappa shape index (κ1) is 14.4. The molecular formula is C18H17N3OS. The fourth-order valence-electron chi connectivity index (χ4n) is 3.00. The highest BCUT2D eigenvalue weighted by molar-refractivity contribution is 7.13. The molecule has 0 radical (unpaired) electrons. The SMILES string of the molecule is O=c1[nH]c(-c2cccs2)nc2c1CCN(Cc1ccccc1)C2. The van der Waals surface area contributed by atoms with E-state index in [1.54, 1.807) is 11.3 Å². The molecule has 0 aliphatic carbocycles. The van der Waals surface area contributed by atoms with Crippen LogP contribution < -0.4 is 5.56 Å². The molecule has 1 N–H and O–H groups in total. The van der Waals surface area contributed by atoms with Gasteiger partial charge in [0.1, 0.15) is 0 Å². The standard InChI is InChI=1S/C18H17N3OS/c22-18-14-8-9-21(11-13-5-2-1-3-6-13)12-15(14)19-17(20-18)16-7-4-10-23-16/h1-7,10H,8-9,11-12H2,(H,19,20,22). The van der Waals surface area contributed by atoms with E-state index >= 15 is 0 Å². The predicted molar refractivity (Wildman–Crippen MR) is 92.4 cm³/mol. The topological polar surface area (TPSA) is 49.0 Å². The van der Waals surface area contributed by atoms with Crippen molar-refractivity contribution in [3.8, 4) is 10.7 Å². The molecule has 0 saturated carbocycles. The number of rotatable bonds is 3. The molecule has 0 fully saturated rings. The lowest BCUT2D eigenvalue weighted by Gasteiger charge is -2.27. The molecular weight excluding hydrogens is 306 g/mol. The largest absolute Gasteiger partial charge is 0.306 e. The number of nitrogens with one attached hydrogen (secondary N) is 1. The molecule has 0 atom stereocenters. The second kappa shape index (κ2) is 6.10. The third-order valence-electron chi connectivity index (χ3n) is 4.16. The lowest BCUT2D eigenvalue weighted by molar-refractivity contribution is 0.240. The molecule has 1 aliphatic heterocycles. The molecule has 5 heteroatoms. The monoisotopic (exact) mass is 323 g/mol. The van der Waals surface area contributed by atoms with Crippen LogP contribution in [0.5, 0.6) is 0 Å². The Bertz CT molecular complexity index is 856. The quantitative estimate of drug-likeness (QED) is 0.806. The minimum absolute atomic E-state index is 0.0118. The minimum Gasteiger partial charge on any atom is -0.306 e. The van der Waals surface area contributed by atoms with Crippen LogP contribution in [0.3, 0.4) is 0 Å². The zero-order chi connectivity index (χ0) is 15.6. The van der Waals surface area contributed by atoms with Crippen molar-refractivity contribution in [1.82, 2.24) is 14.9 Å². The molecule has 0 amide bonds. The first-order valence-corrected chi connectivity index (χ1v) is 8.60. The summed E-state index contributed by atoms with van der Waals surface area (Å²) in [7, 11) is 0. The molecule has 116 valence electrons. The highest BCUT2D eigenvalue weighted by Crippen LogP contribution is 2.23. The van der Waals surface area contributed by atoms with Crippen LogP contribution in [0, 0.1) is 0 Å². The van der Waals surface area contributed by atoms with E-state index in [0.29, 0.717) is 5.82 Å². The van der Waals surface area contributed by atoms with Crippen LogP contribution in [0.15, 0.2) is 52.6 Å². The Morgan fingerprint density at radius 3 is 2.83 bits per heavy atom. The van der Waals surface area contributed by atoms with Gasteiger partial charge < -0.3 is 4.98 Å². The second-order valence-electron chi connectivity index (χ2n) is 5.76. The summed E-state index contributed by atoms with van der Waals surface area (Å²) in [6.45, 7) is 2.51. The van der Waals surface area contributed by atoms with Crippen LogP contribution in [-0.2, 0) is 19.5 Å². The molecule has 3 aromatic rings. The van der Waals surface area contributed by atoms with Crippen molar-refractivity contribution < 1.29 is 0 Å². The molecule has 0 saturated heterocycles. The number of nitrogens with zero attached hydrogens (tertiary/aromatic N) is 2. The summed E-state index contributed by atoms with van der Waals surface area (Å²) >= 11 is 1.59. The fourth-order valence-corrected chi connectivity index (χ4v) is 3.67. The first-order chi connectivity index (χ1) is 11.3. The Balaban J connectivity index is 1.62. The van der Waals surface area contributed by atoms with E-state index < -0.39 is 0 Å². The third kappa shape index (κ3) is 2.98. The molecule has 4 rings (SSSR count). The maximum atomic E-state index is 12.3. The molecule has 1 aliphatic rings. The Morgan fingerprint density at radius 2 is 2.04 bits per heavy atom. The van der Waals surface area contributed by atoms with Crippen LogP contribution in [-0.4, -0.2) is 21.4 Å². The Kier molecular flexibility index (Phi) is 3.81. The number of aromatic nitrogens is 2. The molecule has 0 bridgehead atoms. The molecule has 1 aromatic carbocycles. The average molecular weight is 323 g/mol. The highest BCUT2D eigenvalue weighted by atomic mass is 32.1. The Hall–Kier alpha value is -2.24. The smallest absolute Gasteiger partial charge is 0.254 e. The van der Waals surface area contributed by atoms with E-state index in [9.17, 15) is 4.79 Å². The maximum absolute atomic E-state index is 12.3. The molecule has 4 nitrogen and oxygen atoms in total. The van der Waals surface area contributed by atoms with Crippen LogP contribution in [0.4, 0.5) is 0 Å². The van der Waals surface area contributed by atoms with Gasteiger partial charge in [-0.2, -0.15) is 0 Å². The number of thiophene rings is 1. The van der Waals surface area contributed by atoms with E-state index in [4.69, 9.17) is 4.98 Å². The van der Waals surface area contributed by atoms with E-state index in [1.807, 2.05) is 23.6 Å². The number of hydrogen-bond donors (Lipinski definition) is 1. The van der Waals surface area contributed by atoms with Crippen molar-refractivity contribution in [2.75, 3.05) is 6.54 Å². The number of fused-ring (bicyclic) bond motifs is 1. The lowest BCUT2D eigenvalue weighted by Crippen LogP contribution is -2.35. The number of H-pyrrole nitrogens is 1. The van der Waals surface area contributed by atoms with Crippen molar-refractivity contribution >= 4 is 11.3 Å². The molecule has 0 spiro atoms. The van der Waals surface area contributed by atoms with Crippen molar-refractivity contribution in [2.24, 2.45) is 0 Å². The maximum Gasteiger partial charge on any atom is 0.254 e. The Labute approximate surface area is 138 Å². The van der Waals surface area contributed by atoms with E-state index in [1.165, 1.54) is 5.56 Å². The van der Waals surface area contributed by atoms with Gasteiger partial charge in [-0.15, -0.1) is 11.3 Å². The van der Waals surface area contributed by atoms with Gasteiger partial charge in [0.25, 0.3) is 5.56 Å². The summed E-state index contributed by atoms with van der Waals surface area (Å²) in [5, 5.41) is 2.00. The molecule has 23 heavy (non-hydrogen) atoms. The molecule has 0 unspecified atom stereocenters. The van der Waals surface area contributed by atoms with E-state index in [-0.39, 0.29) is 5.56 Å². The van der Waals surface area contributed by atoms with Gasteiger partial charge >= 0.3 is 0 Å². The van der Waals surface area contributed by atoms with Gasteiger partial charge in [0.2, 0.25) is 0 Å². The van der Waals surface area contributed by atoms with Crippen molar-refractivity contribution in [2.45, 2.75) is 19.5 Å². The number of aromatic amines is 1. The summed E-state index contributed by atoms with van der Waals surface area (Å²) in [4.78, 5) is 23.3. The summed E-state index contributed by atoms with van der Waals surface area (Å²) in [6.07, 6.45) is 0.759. The Morgan fingerprint density at radius 1 is 1.17 bits per heavy atom. The van der Waals surface area contributed by atoms with E-state index in [2.05, 4.69) is 34.1 Å². The first-order valence-electron chi connectivity index (χ1n) is 7.72. The van der Waals surface area contributed by atoms with Crippen molar-refractivity contribution in [1.29, 1.82) is 0 Å². The predicted octanol–water partition coefficient (Wildman–Crippen LogP) is 3.06. The van der Waals surface area contributed by atoms with Crippen LogP contribution in [0.1, 0.15) is 16.8 Å². The second-order valence-corrected chi connectivity index (χ2v) is 6.71. The van der Waals surface area contributed by atoms with Gasteiger partial charge in [0.15, 0.2) is 5.82 Å². The summed E-state index contributed by atoms with van der Waals surface area (Å²) in [5.41, 5.74) is 3.06. The summed E-state index contributed by atoms with van der Waals surface area (Å²) in [6, 6.07) is 14.4. The minimum atomic E-state index is 0.0118. The average Bonchev–Trinajstić information content (AvgIpc) is 3.10. The molecule has 2 aromatic heterocycles. The lowest BCUT2D eigenvalue weighted by atomic mass is 10.1. The normalized spacial score (nSPS) is 14.6. The van der Waals surface area contributed by atoms with Gasteiger partial charge in [-0.05, 0) is 23.4 Å². The number of benzene rings is 1. The van der Waals surface area contributed by atoms with Crippen LogP contribution >= 0.6 is 11.3 Å².